The Morgan fingerprint density at radius 3 is 1.87 bits per heavy atom. The van der Waals surface area contributed by atoms with E-state index in [9.17, 15) is 19.5 Å². The molecule has 0 saturated carbocycles. The van der Waals surface area contributed by atoms with Gasteiger partial charge in [0.25, 0.3) is 0 Å². The van der Waals surface area contributed by atoms with Gasteiger partial charge in [-0.3, -0.25) is 9.59 Å². The summed E-state index contributed by atoms with van der Waals surface area (Å²) in [5.74, 6) is -1.25. The molecule has 7 heteroatoms. The van der Waals surface area contributed by atoms with Crippen molar-refractivity contribution in [2.75, 3.05) is 41.3 Å². The number of anilines is 3. The number of aromatic carboxylic acids is 1. The van der Waals surface area contributed by atoms with Gasteiger partial charge < -0.3 is 20.2 Å². The number of piperazine rings is 1. The first-order chi connectivity index (χ1) is 14.6. The van der Waals surface area contributed by atoms with Crippen molar-refractivity contribution < 1.29 is 19.5 Å². The molecule has 0 bridgehead atoms. The van der Waals surface area contributed by atoms with Crippen LogP contribution in [0.4, 0.5) is 17.1 Å². The van der Waals surface area contributed by atoms with Crippen LogP contribution in [0.15, 0.2) is 42.5 Å². The van der Waals surface area contributed by atoms with Crippen LogP contribution in [0.25, 0.3) is 0 Å². The highest BCUT2D eigenvalue weighted by molar-refractivity contribution is 6.02. The zero-order chi connectivity index (χ0) is 22.8. The van der Waals surface area contributed by atoms with E-state index < -0.39 is 11.4 Å². The monoisotopic (exact) mass is 423 g/mol. The van der Waals surface area contributed by atoms with E-state index in [0.29, 0.717) is 11.3 Å². The Bertz CT molecular complexity index is 985. The molecule has 0 aliphatic carbocycles. The van der Waals surface area contributed by atoms with Crippen molar-refractivity contribution in [1.29, 1.82) is 0 Å². The predicted molar refractivity (Wildman–Crippen MR) is 122 cm³/mol. The molecule has 2 N–H and O–H groups in total. The topological polar surface area (TPSA) is 90.0 Å². The van der Waals surface area contributed by atoms with Gasteiger partial charge in [0.2, 0.25) is 5.91 Å². The van der Waals surface area contributed by atoms with Crippen molar-refractivity contribution in [2.24, 2.45) is 5.41 Å². The Morgan fingerprint density at radius 1 is 0.871 bits per heavy atom. The molecule has 0 aromatic heterocycles. The van der Waals surface area contributed by atoms with Crippen molar-refractivity contribution in [2.45, 2.75) is 27.7 Å². The second kappa shape index (κ2) is 8.79. The molecular weight excluding hydrogens is 394 g/mol. The van der Waals surface area contributed by atoms with Gasteiger partial charge in [0, 0.05) is 48.5 Å². The summed E-state index contributed by atoms with van der Waals surface area (Å²) in [5.41, 5.74) is 2.35. The number of carboxylic acids is 1. The molecule has 0 atom stereocenters. The Hall–Kier alpha value is -3.35. The van der Waals surface area contributed by atoms with Gasteiger partial charge in [0.15, 0.2) is 5.78 Å². The normalized spacial score (nSPS) is 14.3. The van der Waals surface area contributed by atoms with E-state index in [-0.39, 0.29) is 17.3 Å². The maximum Gasteiger partial charge on any atom is 0.337 e. The predicted octanol–water partition coefficient (Wildman–Crippen LogP) is 3.90. The number of carboxylic acid groups (broad SMARTS) is 1. The van der Waals surface area contributed by atoms with Gasteiger partial charge in [-0.1, -0.05) is 20.8 Å². The van der Waals surface area contributed by atoms with Crippen LogP contribution in [0.3, 0.4) is 0 Å². The van der Waals surface area contributed by atoms with Crippen LogP contribution in [-0.2, 0) is 4.79 Å². The molecule has 0 radical (unpaired) electrons. The molecule has 1 saturated heterocycles. The standard InChI is InChI=1S/C24H29N3O4/c1-16(28)17-5-7-18(8-6-17)26-11-13-27(14-12-26)19-9-10-21(20(15-19)22(29)30)25-23(31)24(2,3)4/h5-10,15H,11-14H2,1-4H3,(H,25,31)(H,29,30). The van der Waals surface area contributed by atoms with Crippen LogP contribution in [0.2, 0.25) is 0 Å². The van der Waals surface area contributed by atoms with E-state index in [2.05, 4.69) is 15.1 Å². The lowest BCUT2D eigenvalue weighted by Gasteiger charge is -2.37. The fourth-order valence-corrected chi connectivity index (χ4v) is 3.45. The van der Waals surface area contributed by atoms with Crippen LogP contribution >= 0.6 is 0 Å². The minimum atomic E-state index is -1.07. The van der Waals surface area contributed by atoms with E-state index in [0.717, 1.165) is 37.6 Å². The number of hydrogen-bond acceptors (Lipinski definition) is 5. The second-order valence-corrected chi connectivity index (χ2v) is 8.82. The smallest absolute Gasteiger partial charge is 0.337 e. The van der Waals surface area contributed by atoms with Gasteiger partial charge >= 0.3 is 5.97 Å². The van der Waals surface area contributed by atoms with Crippen LogP contribution in [0, 0.1) is 5.41 Å². The number of hydrogen-bond donors (Lipinski definition) is 2. The number of Topliss-reactive ketones (excluding diaryl/α,β-unsaturated/α-hetero) is 1. The van der Waals surface area contributed by atoms with E-state index in [1.54, 1.807) is 39.8 Å². The number of nitrogens with one attached hydrogen (secondary N) is 1. The fraction of sp³-hybridized carbons (Fsp3) is 0.375. The molecule has 1 fully saturated rings. The molecular formula is C24H29N3O4. The van der Waals surface area contributed by atoms with Crippen LogP contribution < -0.4 is 15.1 Å². The summed E-state index contributed by atoms with van der Waals surface area (Å²) in [5, 5.41) is 12.4. The van der Waals surface area contributed by atoms with E-state index in [4.69, 9.17) is 0 Å². The van der Waals surface area contributed by atoms with Crippen molar-refractivity contribution in [3.63, 3.8) is 0 Å². The molecule has 3 rings (SSSR count). The third kappa shape index (κ3) is 5.23. The summed E-state index contributed by atoms with van der Waals surface area (Å²) < 4.78 is 0. The van der Waals surface area contributed by atoms with Crippen molar-refractivity contribution >= 4 is 34.7 Å². The Morgan fingerprint density at radius 2 is 1.39 bits per heavy atom. The number of carbonyl (C=O) groups is 3. The van der Waals surface area contributed by atoms with Gasteiger partial charge in [-0.05, 0) is 49.4 Å². The molecule has 2 aromatic rings. The van der Waals surface area contributed by atoms with Crippen molar-refractivity contribution in [3.05, 3.63) is 53.6 Å². The SMILES string of the molecule is CC(=O)c1ccc(N2CCN(c3ccc(NC(=O)C(C)(C)C)c(C(=O)O)c3)CC2)cc1. The number of carbonyl (C=O) groups excluding carboxylic acids is 2. The summed E-state index contributed by atoms with van der Waals surface area (Å²) in [4.78, 5) is 39.9. The maximum atomic E-state index is 12.3. The first-order valence-electron chi connectivity index (χ1n) is 10.4. The largest absolute Gasteiger partial charge is 0.478 e. The summed E-state index contributed by atoms with van der Waals surface area (Å²) in [6.45, 7) is 9.94. The first kappa shape index (κ1) is 22.3. The Balaban J connectivity index is 1.71. The highest BCUT2D eigenvalue weighted by Crippen LogP contribution is 2.27. The molecule has 1 amide bonds. The zero-order valence-electron chi connectivity index (χ0n) is 18.4. The number of ketones is 1. The van der Waals surface area contributed by atoms with E-state index in [1.807, 2.05) is 30.3 Å². The lowest BCUT2D eigenvalue weighted by Crippen LogP contribution is -2.46. The average molecular weight is 424 g/mol. The van der Waals surface area contributed by atoms with Gasteiger partial charge in [-0.15, -0.1) is 0 Å². The summed E-state index contributed by atoms with van der Waals surface area (Å²) in [6.07, 6.45) is 0. The number of amides is 1. The van der Waals surface area contributed by atoms with Gasteiger partial charge in [0.05, 0.1) is 11.3 Å². The molecule has 2 aromatic carbocycles. The molecule has 1 aliphatic heterocycles. The molecule has 1 heterocycles. The van der Waals surface area contributed by atoms with Gasteiger partial charge in [0.1, 0.15) is 0 Å². The highest BCUT2D eigenvalue weighted by atomic mass is 16.4. The first-order valence-corrected chi connectivity index (χ1v) is 10.4. The number of benzene rings is 2. The van der Waals surface area contributed by atoms with Gasteiger partial charge in [-0.2, -0.15) is 0 Å². The van der Waals surface area contributed by atoms with Crippen LogP contribution in [0.5, 0.6) is 0 Å². The quantitative estimate of drug-likeness (QED) is 0.709. The minimum Gasteiger partial charge on any atom is -0.478 e. The Kier molecular flexibility index (Phi) is 6.34. The third-order valence-electron chi connectivity index (χ3n) is 5.45. The third-order valence-corrected chi connectivity index (χ3v) is 5.45. The summed E-state index contributed by atoms with van der Waals surface area (Å²) >= 11 is 0. The molecule has 164 valence electrons. The van der Waals surface area contributed by atoms with Crippen molar-refractivity contribution in [3.8, 4) is 0 Å². The minimum absolute atomic E-state index is 0.0488. The molecule has 31 heavy (non-hydrogen) atoms. The molecule has 7 nitrogen and oxygen atoms in total. The number of nitrogens with zero attached hydrogens (tertiary/aromatic N) is 2. The maximum absolute atomic E-state index is 12.3. The molecule has 1 aliphatic rings. The second-order valence-electron chi connectivity index (χ2n) is 8.82. The van der Waals surface area contributed by atoms with E-state index in [1.165, 1.54) is 0 Å². The fourth-order valence-electron chi connectivity index (χ4n) is 3.45. The Labute approximate surface area is 182 Å². The number of rotatable bonds is 5. The summed E-state index contributed by atoms with van der Waals surface area (Å²) in [6, 6.07) is 12.7. The van der Waals surface area contributed by atoms with E-state index >= 15 is 0 Å². The molecule has 0 unspecified atom stereocenters. The highest BCUT2D eigenvalue weighted by Gasteiger charge is 2.24. The average Bonchev–Trinajstić information content (AvgIpc) is 2.73. The lowest BCUT2D eigenvalue weighted by atomic mass is 9.95. The van der Waals surface area contributed by atoms with Crippen molar-refractivity contribution in [1.82, 2.24) is 0 Å². The zero-order valence-corrected chi connectivity index (χ0v) is 18.4. The van der Waals surface area contributed by atoms with Crippen LogP contribution in [-0.4, -0.2) is 48.9 Å². The summed E-state index contributed by atoms with van der Waals surface area (Å²) in [7, 11) is 0. The lowest BCUT2D eigenvalue weighted by molar-refractivity contribution is -0.123. The van der Waals surface area contributed by atoms with Crippen LogP contribution in [0.1, 0.15) is 48.4 Å². The molecule has 0 spiro atoms. The van der Waals surface area contributed by atoms with Gasteiger partial charge in [-0.25, -0.2) is 4.79 Å².